The van der Waals surface area contributed by atoms with E-state index in [1.807, 2.05) is 47.4 Å². The number of aromatic nitrogens is 3. The van der Waals surface area contributed by atoms with Crippen LogP contribution in [0.5, 0.6) is 0 Å². The molecule has 1 aliphatic rings. The number of aliphatic hydroxyl groups is 1. The maximum absolute atomic E-state index is 10.1. The molecule has 0 fully saturated rings. The van der Waals surface area contributed by atoms with Gasteiger partial charge in [-0.15, -0.1) is 0 Å². The lowest BCUT2D eigenvalue weighted by Gasteiger charge is -2.19. The van der Waals surface area contributed by atoms with E-state index in [9.17, 15) is 5.11 Å². The minimum absolute atomic E-state index is 0.0374. The van der Waals surface area contributed by atoms with Crippen LogP contribution in [0, 0.1) is 0 Å². The van der Waals surface area contributed by atoms with Crippen molar-refractivity contribution in [1.82, 2.24) is 14.6 Å². The van der Waals surface area contributed by atoms with Crippen LogP contribution in [-0.4, -0.2) is 38.6 Å². The van der Waals surface area contributed by atoms with Crippen molar-refractivity contribution in [2.24, 2.45) is 4.99 Å². The van der Waals surface area contributed by atoms with Gasteiger partial charge in [0.2, 0.25) is 0 Å². The van der Waals surface area contributed by atoms with E-state index in [-0.39, 0.29) is 12.6 Å². The number of fused-ring (bicyclic) bond motifs is 1. The van der Waals surface area contributed by atoms with Crippen molar-refractivity contribution in [3.63, 3.8) is 0 Å². The van der Waals surface area contributed by atoms with Crippen LogP contribution in [0.1, 0.15) is 82.3 Å². The number of aliphatic imine (C=N–C) groups is 1. The number of aliphatic hydroxyl groups excluding tert-OH is 1. The molecule has 1 aromatic carbocycles. The first-order valence-corrected chi connectivity index (χ1v) is 14.0. The maximum atomic E-state index is 10.1. The average Bonchev–Trinajstić information content (AvgIpc) is 3.34. The Balaban J connectivity index is 1.33. The largest absolute Gasteiger partial charge is 0.394 e. The van der Waals surface area contributed by atoms with Gasteiger partial charge in [-0.1, -0.05) is 75.6 Å². The Morgan fingerprint density at radius 1 is 1.05 bits per heavy atom. The summed E-state index contributed by atoms with van der Waals surface area (Å²) in [6, 6.07) is 12.3. The summed E-state index contributed by atoms with van der Waals surface area (Å²) in [6.45, 7) is 5.08. The van der Waals surface area contributed by atoms with Crippen LogP contribution in [0.4, 0.5) is 11.6 Å². The van der Waals surface area contributed by atoms with Crippen molar-refractivity contribution in [2.45, 2.75) is 83.7 Å². The van der Waals surface area contributed by atoms with Crippen LogP contribution < -0.4 is 10.6 Å². The number of nitrogens with one attached hydrogen (secondary N) is 2. The average molecular weight is 515 g/mol. The monoisotopic (exact) mass is 514 g/mol. The smallest absolute Gasteiger partial charge is 0.163 e. The minimum Gasteiger partial charge on any atom is -0.394 e. The molecule has 0 unspecified atom stereocenters. The Bertz CT molecular complexity index is 1230. The number of hydrogen-bond acceptors (Lipinski definition) is 6. The molecule has 0 radical (unpaired) electrons. The molecular weight excluding hydrogens is 472 g/mol. The number of hydrogen-bond donors (Lipinski definition) is 3. The molecule has 0 saturated carbocycles. The highest BCUT2D eigenvalue weighted by Gasteiger charge is 2.16. The van der Waals surface area contributed by atoms with E-state index in [2.05, 4.69) is 58.9 Å². The number of benzene rings is 1. The first-order chi connectivity index (χ1) is 18.6. The van der Waals surface area contributed by atoms with Crippen LogP contribution in [-0.2, 0) is 6.54 Å². The Labute approximate surface area is 226 Å². The molecular formula is C31H42N6O. The quantitative estimate of drug-likeness (QED) is 0.204. The van der Waals surface area contributed by atoms with Gasteiger partial charge in [0.1, 0.15) is 11.6 Å². The molecule has 0 amide bonds. The van der Waals surface area contributed by atoms with E-state index >= 15 is 0 Å². The summed E-state index contributed by atoms with van der Waals surface area (Å²) in [5.41, 5.74) is 4.51. The van der Waals surface area contributed by atoms with Crippen LogP contribution >= 0.6 is 0 Å². The molecule has 0 bridgehead atoms. The van der Waals surface area contributed by atoms with Crippen LogP contribution in [0.2, 0.25) is 0 Å². The van der Waals surface area contributed by atoms with Crippen LogP contribution in [0.3, 0.4) is 0 Å². The summed E-state index contributed by atoms with van der Waals surface area (Å²) in [5.74, 6) is 1.96. The van der Waals surface area contributed by atoms with Gasteiger partial charge in [0.15, 0.2) is 5.65 Å². The fourth-order valence-corrected chi connectivity index (χ4v) is 4.73. The van der Waals surface area contributed by atoms with Gasteiger partial charge in [0.25, 0.3) is 0 Å². The number of anilines is 2. The molecule has 7 nitrogen and oxygen atoms in total. The highest BCUT2D eigenvalue weighted by Crippen LogP contribution is 2.25. The van der Waals surface area contributed by atoms with Gasteiger partial charge < -0.3 is 15.7 Å². The number of rotatable bonds is 14. The zero-order chi connectivity index (χ0) is 26.6. The first-order valence-electron chi connectivity index (χ1n) is 14.0. The Morgan fingerprint density at radius 2 is 1.89 bits per heavy atom. The second kappa shape index (κ2) is 14.5. The molecule has 202 valence electrons. The fraction of sp³-hybridized carbons (Fsp3) is 0.452. The first kappa shape index (κ1) is 27.6. The molecule has 7 heteroatoms. The molecule has 2 aromatic heterocycles. The summed E-state index contributed by atoms with van der Waals surface area (Å²) in [4.78, 5) is 9.24. The van der Waals surface area contributed by atoms with E-state index in [0.717, 1.165) is 61.4 Å². The van der Waals surface area contributed by atoms with Gasteiger partial charge in [0, 0.05) is 30.6 Å². The third-order valence-corrected chi connectivity index (χ3v) is 6.95. The molecule has 3 aromatic rings. The number of nitrogens with zero attached hydrogens (tertiary/aromatic N) is 4. The van der Waals surface area contributed by atoms with Gasteiger partial charge in [0.05, 0.1) is 18.8 Å². The normalized spacial score (nSPS) is 17.4. The zero-order valence-electron chi connectivity index (χ0n) is 22.8. The Morgan fingerprint density at radius 3 is 2.71 bits per heavy atom. The van der Waals surface area contributed by atoms with Gasteiger partial charge in [-0.25, -0.2) is 4.98 Å². The van der Waals surface area contributed by atoms with Gasteiger partial charge in [-0.05, 0) is 49.2 Å². The molecule has 0 saturated heterocycles. The third kappa shape index (κ3) is 8.02. The van der Waals surface area contributed by atoms with Crippen molar-refractivity contribution >= 4 is 23.5 Å². The lowest BCUT2D eigenvalue weighted by Crippen LogP contribution is -2.24. The Hall–Kier alpha value is -3.45. The van der Waals surface area contributed by atoms with Crippen LogP contribution in [0.25, 0.3) is 5.65 Å². The second-order valence-electron chi connectivity index (χ2n) is 10.4. The summed E-state index contributed by atoms with van der Waals surface area (Å²) in [6.07, 6.45) is 19.0. The second-order valence-corrected chi connectivity index (χ2v) is 10.4. The van der Waals surface area contributed by atoms with Crippen molar-refractivity contribution in [2.75, 3.05) is 17.2 Å². The Kier molecular flexibility index (Phi) is 10.5. The van der Waals surface area contributed by atoms with Gasteiger partial charge in [-0.2, -0.15) is 9.61 Å². The molecule has 0 spiro atoms. The highest BCUT2D eigenvalue weighted by molar-refractivity contribution is 5.79. The van der Waals surface area contributed by atoms with Crippen molar-refractivity contribution in [1.29, 1.82) is 0 Å². The molecule has 1 atom stereocenters. The molecule has 1 aliphatic heterocycles. The van der Waals surface area contributed by atoms with Crippen molar-refractivity contribution < 1.29 is 5.11 Å². The predicted molar refractivity (Wildman–Crippen MR) is 158 cm³/mol. The molecule has 3 N–H and O–H groups in total. The zero-order valence-corrected chi connectivity index (χ0v) is 22.8. The van der Waals surface area contributed by atoms with E-state index in [0.29, 0.717) is 12.5 Å². The molecule has 4 rings (SSSR count). The van der Waals surface area contributed by atoms with Crippen molar-refractivity contribution in [3.05, 3.63) is 77.6 Å². The number of allylic oxidation sites excluding steroid dienone is 3. The standard InChI is InChI=1S/C31H42N6O/c1-24(2)28-22-34-37-30(33-21-26-15-8-5-9-16-26)19-29(36-31(28)37)35-27(23-38)17-11-4-3-7-13-25-14-10-6-12-18-32-20-25/h5,8-9,12,14-16,18-20,22,24,27,33,38H,3-4,6-7,10-11,13,17,21,23H2,1-2H3,(H,35,36)/b18-12+,25-14-,32-20-/t27-/m1/s1. The molecule has 0 aliphatic carbocycles. The lowest BCUT2D eigenvalue weighted by molar-refractivity contribution is 0.266. The van der Waals surface area contributed by atoms with Gasteiger partial charge >= 0.3 is 0 Å². The highest BCUT2D eigenvalue weighted by atomic mass is 16.3. The van der Waals surface area contributed by atoms with E-state index in [1.54, 1.807) is 0 Å². The van der Waals surface area contributed by atoms with Crippen molar-refractivity contribution in [3.8, 4) is 0 Å². The molecule has 38 heavy (non-hydrogen) atoms. The fourth-order valence-electron chi connectivity index (χ4n) is 4.73. The minimum atomic E-state index is -0.0374. The maximum Gasteiger partial charge on any atom is 0.163 e. The van der Waals surface area contributed by atoms with E-state index < -0.39 is 0 Å². The summed E-state index contributed by atoms with van der Waals surface area (Å²) < 4.78 is 1.88. The van der Waals surface area contributed by atoms with Crippen LogP contribution in [0.15, 0.2) is 71.5 Å². The SMILES string of the molecule is CC(C)c1cnn2c(NCc3ccccc3)cc(N[C@@H](CO)CCCCCCC3=C/CC/C=C/N=C\3)nc12. The predicted octanol–water partition coefficient (Wildman–Crippen LogP) is 6.88. The van der Waals surface area contributed by atoms with E-state index in [4.69, 9.17) is 4.98 Å². The molecule has 3 heterocycles. The topological polar surface area (TPSA) is 86.8 Å². The van der Waals surface area contributed by atoms with Gasteiger partial charge in [-0.3, -0.25) is 4.99 Å². The summed E-state index contributed by atoms with van der Waals surface area (Å²) >= 11 is 0. The van der Waals surface area contributed by atoms with E-state index in [1.165, 1.54) is 24.0 Å². The summed E-state index contributed by atoms with van der Waals surface area (Å²) in [7, 11) is 0. The lowest BCUT2D eigenvalue weighted by atomic mass is 10.0. The third-order valence-electron chi connectivity index (χ3n) is 6.95. The summed E-state index contributed by atoms with van der Waals surface area (Å²) in [5, 5.41) is 21.7. The number of unbranched alkanes of at least 4 members (excludes halogenated alkanes) is 3.